The van der Waals surface area contributed by atoms with E-state index in [0.717, 1.165) is 34.7 Å². The van der Waals surface area contributed by atoms with Crippen LogP contribution in [0, 0.1) is 18.3 Å². The van der Waals surface area contributed by atoms with Crippen LogP contribution in [0.5, 0.6) is 0 Å². The van der Waals surface area contributed by atoms with Gasteiger partial charge in [-0.05, 0) is 50.3 Å². The average molecular weight is 302 g/mol. The van der Waals surface area contributed by atoms with Crippen LogP contribution in [0.4, 0.5) is 5.00 Å². The van der Waals surface area contributed by atoms with Crippen molar-refractivity contribution in [3.05, 3.63) is 37.9 Å². The minimum atomic E-state index is -0.113. The van der Waals surface area contributed by atoms with Gasteiger partial charge in [0.15, 0.2) is 0 Å². The second-order valence-corrected chi connectivity index (χ2v) is 7.28. The fourth-order valence-corrected chi connectivity index (χ4v) is 4.49. The van der Waals surface area contributed by atoms with Crippen LogP contribution in [-0.2, 0) is 12.8 Å². The summed E-state index contributed by atoms with van der Waals surface area (Å²) in [4.78, 5) is 15.3. The number of anilines is 1. The summed E-state index contributed by atoms with van der Waals surface area (Å²) in [7, 11) is 0. The number of hydrogen-bond donors (Lipinski definition) is 1. The maximum Gasteiger partial charge on any atom is 0.266 e. The Hall–Kier alpha value is -1.64. The molecule has 0 unspecified atom stereocenters. The molecule has 2 heterocycles. The van der Waals surface area contributed by atoms with Crippen LogP contribution >= 0.6 is 22.7 Å². The third-order valence-corrected chi connectivity index (χ3v) is 5.68. The molecule has 20 heavy (non-hydrogen) atoms. The predicted molar refractivity (Wildman–Crippen MR) is 82.7 cm³/mol. The highest BCUT2D eigenvalue weighted by Gasteiger charge is 2.22. The molecule has 0 spiro atoms. The summed E-state index contributed by atoms with van der Waals surface area (Å²) in [6.07, 6.45) is 4.30. The Labute approximate surface area is 125 Å². The highest BCUT2D eigenvalue weighted by Crippen LogP contribution is 2.37. The number of aryl methyl sites for hydroxylation is 2. The SMILES string of the molecule is Cc1ccc(C(=O)Nc2sc3c(c2C#N)CCCC3)s1. The lowest BCUT2D eigenvalue weighted by Crippen LogP contribution is -2.10. The molecule has 2 aromatic heterocycles. The molecule has 1 aliphatic rings. The quantitative estimate of drug-likeness (QED) is 0.907. The molecular formula is C15H14N2OS2. The number of nitrogens with zero attached hydrogens (tertiary/aromatic N) is 1. The largest absolute Gasteiger partial charge is 0.312 e. The monoisotopic (exact) mass is 302 g/mol. The normalized spacial score (nSPS) is 13.6. The van der Waals surface area contributed by atoms with Gasteiger partial charge in [0.2, 0.25) is 0 Å². The number of thiophene rings is 2. The van der Waals surface area contributed by atoms with E-state index in [4.69, 9.17) is 0 Å². The second kappa shape index (κ2) is 5.39. The molecule has 0 radical (unpaired) electrons. The van der Waals surface area contributed by atoms with E-state index in [9.17, 15) is 10.1 Å². The Balaban J connectivity index is 1.89. The van der Waals surface area contributed by atoms with E-state index in [1.807, 2.05) is 19.1 Å². The van der Waals surface area contributed by atoms with Crippen LogP contribution < -0.4 is 5.32 Å². The zero-order valence-electron chi connectivity index (χ0n) is 11.2. The highest BCUT2D eigenvalue weighted by atomic mass is 32.1. The summed E-state index contributed by atoms with van der Waals surface area (Å²) in [5, 5.41) is 13.0. The van der Waals surface area contributed by atoms with Gasteiger partial charge in [0, 0.05) is 9.75 Å². The third-order valence-electron chi connectivity index (χ3n) is 3.47. The first-order valence-corrected chi connectivity index (χ1v) is 8.25. The van der Waals surface area contributed by atoms with Crippen LogP contribution in [0.25, 0.3) is 0 Å². The van der Waals surface area contributed by atoms with Crippen molar-refractivity contribution < 1.29 is 4.79 Å². The minimum Gasteiger partial charge on any atom is -0.312 e. The van der Waals surface area contributed by atoms with Crippen molar-refractivity contribution in [2.24, 2.45) is 0 Å². The molecule has 1 aliphatic carbocycles. The van der Waals surface area contributed by atoms with E-state index >= 15 is 0 Å². The molecule has 0 fully saturated rings. The van der Waals surface area contributed by atoms with Gasteiger partial charge in [-0.25, -0.2) is 0 Å². The summed E-state index contributed by atoms with van der Waals surface area (Å²) in [6, 6.07) is 6.03. The lowest BCUT2D eigenvalue weighted by atomic mass is 9.96. The van der Waals surface area contributed by atoms with Crippen molar-refractivity contribution in [2.45, 2.75) is 32.6 Å². The van der Waals surface area contributed by atoms with E-state index in [1.54, 1.807) is 11.3 Å². The number of amides is 1. The smallest absolute Gasteiger partial charge is 0.266 e. The third kappa shape index (κ3) is 2.37. The summed E-state index contributed by atoms with van der Waals surface area (Å²) < 4.78 is 0. The van der Waals surface area contributed by atoms with Crippen molar-refractivity contribution in [1.29, 1.82) is 5.26 Å². The van der Waals surface area contributed by atoms with Crippen molar-refractivity contribution in [3.8, 4) is 6.07 Å². The van der Waals surface area contributed by atoms with Crippen molar-refractivity contribution >= 4 is 33.6 Å². The minimum absolute atomic E-state index is 0.113. The number of fused-ring (bicyclic) bond motifs is 1. The van der Waals surface area contributed by atoms with Crippen LogP contribution in [0.15, 0.2) is 12.1 Å². The molecule has 0 saturated heterocycles. The van der Waals surface area contributed by atoms with Crippen LogP contribution in [0.2, 0.25) is 0 Å². The van der Waals surface area contributed by atoms with Crippen molar-refractivity contribution in [2.75, 3.05) is 5.32 Å². The molecule has 0 aliphatic heterocycles. The number of carbonyl (C=O) groups excluding carboxylic acids is 1. The summed E-state index contributed by atoms with van der Waals surface area (Å²) >= 11 is 3.04. The standard InChI is InChI=1S/C15H14N2OS2/c1-9-6-7-13(19-9)14(18)17-15-11(8-16)10-4-2-3-5-12(10)20-15/h6-7H,2-5H2,1H3,(H,17,18). The molecule has 102 valence electrons. The molecular weight excluding hydrogens is 288 g/mol. The van der Waals surface area contributed by atoms with Crippen molar-refractivity contribution in [3.63, 3.8) is 0 Å². The van der Waals surface area contributed by atoms with Crippen LogP contribution in [0.1, 0.15) is 43.4 Å². The maximum absolute atomic E-state index is 12.2. The Kier molecular flexibility index (Phi) is 3.60. The fraction of sp³-hybridized carbons (Fsp3) is 0.333. The Morgan fingerprint density at radius 1 is 1.30 bits per heavy atom. The lowest BCUT2D eigenvalue weighted by Gasteiger charge is -2.09. The first-order chi connectivity index (χ1) is 9.69. The molecule has 0 atom stereocenters. The number of carbonyl (C=O) groups is 1. The second-order valence-electron chi connectivity index (χ2n) is 4.89. The first-order valence-electron chi connectivity index (χ1n) is 6.61. The zero-order valence-corrected chi connectivity index (χ0v) is 12.8. The molecule has 2 aromatic rings. The Morgan fingerprint density at radius 2 is 2.10 bits per heavy atom. The van der Waals surface area contributed by atoms with E-state index in [1.165, 1.54) is 22.6 Å². The van der Waals surface area contributed by atoms with Gasteiger partial charge in [0.05, 0.1) is 10.4 Å². The fourth-order valence-electron chi connectivity index (χ4n) is 2.49. The summed E-state index contributed by atoms with van der Waals surface area (Å²) in [6.45, 7) is 1.98. The summed E-state index contributed by atoms with van der Waals surface area (Å²) in [5.74, 6) is -0.113. The van der Waals surface area contributed by atoms with Crippen LogP contribution in [-0.4, -0.2) is 5.91 Å². The molecule has 3 rings (SSSR count). The number of nitrogens with one attached hydrogen (secondary N) is 1. The van der Waals surface area contributed by atoms with Crippen molar-refractivity contribution in [1.82, 2.24) is 0 Å². The average Bonchev–Trinajstić information content (AvgIpc) is 3.01. The van der Waals surface area contributed by atoms with Crippen LogP contribution in [0.3, 0.4) is 0 Å². The molecule has 1 amide bonds. The van der Waals surface area contributed by atoms with E-state index in [-0.39, 0.29) is 5.91 Å². The number of hydrogen-bond acceptors (Lipinski definition) is 4. The Morgan fingerprint density at radius 3 is 2.80 bits per heavy atom. The van der Waals surface area contributed by atoms with Gasteiger partial charge in [-0.2, -0.15) is 5.26 Å². The topological polar surface area (TPSA) is 52.9 Å². The maximum atomic E-state index is 12.2. The molecule has 0 aromatic carbocycles. The van der Waals surface area contributed by atoms with E-state index in [2.05, 4.69) is 11.4 Å². The van der Waals surface area contributed by atoms with E-state index in [0.29, 0.717) is 10.4 Å². The highest BCUT2D eigenvalue weighted by molar-refractivity contribution is 7.17. The number of nitriles is 1. The summed E-state index contributed by atoms with van der Waals surface area (Å²) in [5.41, 5.74) is 1.83. The molecule has 3 nitrogen and oxygen atoms in total. The van der Waals surface area contributed by atoms with Gasteiger partial charge in [-0.15, -0.1) is 22.7 Å². The van der Waals surface area contributed by atoms with Gasteiger partial charge >= 0.3 is 0 Å². The molecule has 5 heteroatoms. The molecule has 0 saturated carbocycles. The van der Waals surface area contributed by atoms with Gasteiger partial charge in [0.25, 0.3) is 5.91 Å². The first kappa shape index (κ1) is 13.3. The Bertz CT molecular complexity index is 706. The van der Waals surface area contributed by atoms with Gasteiger partial charge in [0.1, 0.15) is 11.1 Å². The van der Waals surface area contributed by atoms with Gasteiger partial charge < -0.3 is 5.32 Å². The van der Waals surface area contributed by atoms with Gasteiger partial charge in [-0.1, -0.05) is 0 Å². The molecule has 0 bridgehead atoms. The predicted octanol–water partition coefficient (Wildman–Crippen LogP) is 4.12. The molecule has 1 N–H and O–H groups in total. The van der Waals surface area contributed by atoms with E-state index < -0.39 is 0 Å². The lowest BCUT2D eigenvalue weighted by molar-refractivity contribution is 0.103. The zero-order chi connectivity index (χ0) is 14.1. The van der Waals surface area contributed by atoms with Gasteiger partial charge in [-0.3, -0.25) is 4.79 Å². The number of rotatable bonds is 2.